The molecule has 0 aromatic rings. The summed E-state index contributed by atoms with van der Waals surface area (Å²) in [4.78, 5) is 0. The fourth-order valence-corrected chi connectivity index (χ4v) is 3.45. The van der Waals surface area contributed by atoms with Crippen LogP contribution in [0.1, 0.15) is 68.2 Å². The molecule has 0 saturated carbocycles. The molecule has 1 rings (SSSR count). The molecule has 1 aliphatic rings. The van der Waals surface area contributed by atoms with E-state index in [1.54, 1.807) is 0 Å². The molecule has 120 valence electrons. The molecule has 0 spiro atoms. The molecule has 0 bridgehead atoms. The van der Waals surface area contributed by atoms with Crippen LogP contribution in [-0.4, -0.2) is 24.4 Å². The van der Waals surface area contributed by atoms with Gasteiger partial charge in [-0.05, 0) is 64.2 Å². The Morgan fingerprint density at radius 3 is 1.40 bits per heavy atom. The number of ether oxygens (including phenoxy) is 2. The molecule has 2 atom stereocenters. The average molecular weight is 284 g/mol. The van der Waals surface area contributed by atoms with Gasteiger partial charge in [0.05, 0.1) is 24.4 Å². The molecule has 2 nitrogen and oxygen atoms in total. The largest absolute Gasteiger partial charge is 0.375 e. The van der Waals surface area contributed by atoms with E-state index in [1.807, 2.05) is 0 Å². The van der Waals surface area contributed by atoms with Crippen molar-refractivity contribution in [2.45, 2.75) is 79.4 Å². The summed E-state index contributed by atoms with van der Waals surface area (Å²) in [6.45, 7) is 19.9. The molecule has 2 heteroatoms. The van der Waals surface area contributed by atoms with Gasteiger partial charge < -0.3 is 9.47 Å². The smallest absolute Gasteiger partial charge is 0.0629 e. The van der Waals surface area contributed by atoms with Gasteiger partial charge in [0, 0.05) is 0 Å². The van der Waals surface area contributed by atoms with Crippen LogP contribution in [0.4, 0.5) is 0 Å². The van der Waals surface area contributed by atoms with Crippen molar-refractivity contribution < 1.29 is 9.47 Å². The predicted octanol–water partition coefficient (Wildman–Crippen LogP) is 4.92. The molecular weight excluding hydrogens is 248 g/mol. The van der Waals surface area contributed by atoms with Crippen molar-refractivity contribution >= 4 is 0 Å². The van der Waals surface area contributed by atoms with Crippen LogP contribution in [0.5, 0.6) is 0 Å². The molecule has 1 fully saturated rings. The number of hydrogen-bond acceptors (Lipinski definition) is 2. The summed E-state index contributed by atoms with van der Waals surface area (Å²) in [5.41, 5.74) is -0.0716. The Morgan fingerprint density at radius 1 is 0.700 bits per heavy atom. The van der Waals surface area contributed by atoms with Gasteiger partial charge >= 0.3 is 0 Å². The van der Waals surface area contributed by atoms with Crippen LogP contribution in [0.2, 0.25) is 0 Å². The highest BCUT2D eigenvalue weighted by atomic mass is 16.5. The zero-order chi connectivity index (χ0) is 15.6. The topological polar surface area (TPSA) is 18.5 Å². The fourth-order valence-electron chi connectivity index (χ4n) is 3.45. The lowest BCUT2D eigenvalue weighted by Gasteiger charge is -2.37. The quantitative estimate of drug-likeness (QED) is 0.629. The molecule has 0 radical (unpaired) electrons. The monoisotopic (exact) mass is 284 g/mol. The molecule has 0 aromatic carbocycles. The van der Waals surface area contributed by atoms with Crippen LogP contribution in [0.15, 0.2) is 0 Å². The maximum atomic E-state index is 6.23. The lowest BCUT2D eigenvalue weighted by Crippen LogP contribution is -2.37. The van der Waals surface area contributed by atoms with Gasteiger partial charge in [-0.25, -0.2) is 0 Å². The van der Waals surface area contributed by atoms with Crippen molar-refractivity contribution in [3.05, 3.63) is 0 Å². The minimum atomic E-state index is -0.0358. The number of hydrogen-bond donors (Lipinski definition) is 0. The molecule has 2 unspecified atom stereocenters. The second kappa shape index (κ2) is 6.79. The third kappa shape index (κ3) is 5.73. The van der Waals surface area contributed by atoms with E-state index in [2.05, 4.69) is 55.4 Å². The summed E-state index contributed by atoms with van der Waals surface area (Å²) in [5, 5.41) is 0. The van der Waals surface area contributed by atoms with Gasteiger partial charge in [0.2, 0.25) is 0 Å². The Labute approximate surface area is 126 Å². The lowest BCUT2D eigenvalue weighted by molar-refractivity contribution is -0.0942. The Bertz CT molecular complexity index is 268. The second-order valence-corrected chi connectivity index (χ2v) is 8.47. The van der Waals surface area contributed by atoms with E-state index in [0.29, 0.717) is 23.7 Å². The van der Waals surface area contributed by atoms with E-state index >= 15 is 0 Å². The van der Waals surface area contributed by atoms with Gasteiger partial charge in [-0.1, -0.05) is 27.7 Å². The highest BCUT2D eigenvalue weighted by molar-refractivity contribution is 4.80. The van der Waals surface area contributed by atoms with Crippen molar-refractivity contribution in [2.24, 2.45) is 23.7 Å². The third-order valence-corrected chi connectivity index (χ3v) is 4.95. The first-order valence-electron chi connectivity index (χ1n) is 8.30. The zero-order valence-corrected chi connectivity index (χ0v) is 15.0. The summed E-state index contributed by atoms with van der Waals surface area (Å²) >= 11 is 0. The van der Waals surface area contributed by atoms with Crippen molar-refractivity contribution in [1.29, 1.82) is 0 Å². The van der Waals surface area contributed by atoms with Crippen LogP contribution in [0.25, 0.3) is 0 Å². The molecule has 1 heterocycles. The summed E-state index contributed by atoms with van der Waals surface area (Å²) in [6.07, 6.45) is 2.19. The van der Waals surface area contributed by atoms with Gasteiger partial charge in [0.1, 0.15) is 0 Å². The molecule has 0 aliphatic carbocycles. The van der Waals surface area contributed by atoms with E-state index in [0.717, 1.165) is 26.1 Å². The Kier molecular flexibility index (Phi) is 6.10. The zero-order valence-electron chi connectivity index (χ0n) is 15.0. The molecule has 0 N–H and O–H groups in total. The van der Waals surface area contributed by atoms with Crippen molar-refractivity contribution in [3.8, 4) is 0 Å². The number of rotatable bonds is 0. The van der Waals surface area contributed by atoms with Gasteiger partial charge in [-0.2, -0.15) is 0 Å². The average Bonchev–Trinajstić information content (AvgIpc) is 2.29. The minimum absolute atomic E-state index is 0.0358. The minimum Gasteiger partial charge on any atom is -0.375 e. The van der Waals surface area contributed by atoms with E-state index < -0.39 is 0 Å². The SMILES string of the molecule is CC1CC(C)(C)OCC(C)C(C)C(C)COC(C)(C)C1. The third-order valence-electron chi connectivity index (χ3n) is 4.95. The normalized spacial score (nSPS) is 39.6. The first-order valence-corrected chi connectivity index (χ1v) is 8.30. The summed E-state index contributed by atoms with van der Waals surface area (Å²) in [5.74, 6) is 2.39. The Hall–Kier alpha value is -0.0800. The maximum Gasteiger partial charge on any atom is 0.0629 e. The van der Waals surface area contributed by atoms with E-state index in [9.17, 15) is 0 Å². The highest BCUT2D eigenvalue weighted by Gasteiger charge is 2.31. The van der Waals surface area contributed by atoms with Gasteiger partial charge in [0.15, 0.2) is 0 Å². The highest BCUT2D eigenvalue weighted by Crippen LogP contribution is 2.32. The van der Waals surface area contributed by atoms with Crippen LogP contribution < -0.4 is 0 Å². The van der Waals surface area contributed by atoms with Crippen molar-refractivity contribution in [1.82, 2.24) is 0 Å². The van der Waals surface area contributed by atoms with Crippen molar-refractivity contribution in [3.63, 3.8) is 0 Å². The van der Waals surface area contributed by atoms with Crippen LogP contribution in [-0.2, 0) is 9.47 Å². The standard InChI is InChI=1S/C18H36O2/c1-13-9-17(5,6)19-11-14(2)16(4)15(3)12-20-18(7,8)10-13/h13-16H,9-12H2,1-8H3. The molecule has 1 saturated heterocycles. The summed E-state index contributed by atoms with van der Waals surface area (Å²) < 4.78 is 12.5. The van der Waals surface area contributed by atoms with Gasteiger partial charge in [-0.15, -0.1) is 0 Å². The first kappa shape index (κ1) is 18.0. The van der Waals surface area contributed by atoms with Gasteiger partial charge in [0.25, 0.3) is 0 Å². The maximum absolute atomic E-state index is 6.23. The Morgan fingerprint density at radius 2 is 1.05 bits per heavy atom. The Balaban J connectivity index is 2.83. The van der Waals surface area contributed by atoms with E-state index in [-0.39, 0.29) is 11.2 Å². The molecule has 0 amide bonds. The summed E-state index contributed by atoms with van der Waals surface area (Å²) in [7, 11) is 0. The van der Waals surface area contributed by atoms with E-state index in [1.165, 1.54) is 0 Å². The summed E-state index contributed by atoms with van der Waals surface area (Å²) in [6, 6.07) is 0. The second-order valence-electron chi connectivity index (χ2n) is 8.47. The van der Waals surface area contributed by atoms with Crippen LogP contribution >= 0.6 is 0 Å². The van der Waals surface area contributed by atoms with E-state index in [4.69, 9.17) is 9.47 Å². The molecule has 0 aromatic heterocycles. The molecule has 1 aliphatic heterocycles. The fraction of sp³-hybridized carbons (Fsp3) is 1.00. The van der Waals surface area contributed by atoms with Crippen molar-refractivity contribution in [2.75, 3.05) is 13.2 Å². The molecular formula is C18H36O2. The predicted molar refractivity (Wildman–Crippen MR) is 86.0 cm³/mol. The molecule has 20 heavy (non-hydrogen) atoms. The van der Waals surface area contributed by atoms with Gasteiger partial charge in [-0.3, -0.25) is 0 Å². The first-order chi connectivity index (χ1) is 9.02. The van der Waals surface area contributed by atoms with Crippen LogP contribution in [0.3, 0.4) is 0 Å². The van der Waals surface area contributed by atoms with Crippen LogP contribution in [0, 0.1) is 23.7 Å². The lowest BCUT2D eigenvalue weighted by atomic mass is 9.83.